The number of Topliss-reactive ketones (excluding diaryl/α,β-unsaturated/α-hetero) is 1. The third-order valence-electron chi connectivity index (χ3n) is 2.43. The first-order valence-electron chi connectivity index (χ1n) is 4.46. The van der Waals surface area contributed by atoms with Crippen molar-refractivity contribution < 1.29 is 9.90 Å². The molecule has 0 saturated heterocycles. The smallest absolute Gasteiger partial charge is 0.246 e. The van der Waals surface area contributed by atoms with Crippen LogP contribution in [0.1, 0.15) is 16.1 Å². The lowest BCUT2D eigenvalue weighted by atomic mass is 9.98. The monoisotopic (exact) mass is 198 g/mol. The number of aliphatic hydroxyl groups is 1. The summed E-state index contributed by atoms with van der Waals surface area (Å²) in [5, 5.41) is 10.1. The molecule has 0 atom stereocenters. The predicted octanol–water partition coefficient (Wildman–Crippen LogP) is 1.72. The topological polar surface area (TPSA) is 63.1 Å². The molecule has 2 aromatic rings. The first kappa shape index (κ1) is 8.11. The SMILES string of the molecule is O=C1C(O)=Cc2ccnc3ccnc1c23. The van der Waals surface area contributed by atoms with Crippen LogP contribution in [0.2, 0.25) is 0 Å². The van der Waals surface area contributed by atoms with Gasteiger partial charge < -0.3 is 5.11 Å². The molecule has 0 amide bonds. The quantitative estimate of drug-likeness (QED) is 0.700. The van der Waals surface area contributed by atoms with E-state index in [9.17, 15) is 9.90 Å². The van der Waals surface area contributed by atoms with Gasteiger partial charge in [0.15, 0.2) is 5.76 Å². The van der Waals surface area contributed by atoms with Crippen molar-refractivity contribution in [2.75, 3.05) is 0 Å². The molecule has 3 rings (SSSR count). The molecule has 15 heavy (non-hydrogen) atoms. The number of pyridine rings is 2. The highest BCUT2D eigenvalue weighted by molar-refractivity contribution is 6.19. The van der Waals surface area contributed by atoms with Gasteiger partial charge in [-0.1, -0.05) is 0 Å². The summed E-state index contributed by atoms with van der Waals surface area (Å²) < 4.78 is 0. The second-order valence-electron chi connectivity index (χ2n) is 3.31. The molecule has 0 spiro atoms. The number of hydrogen-bond acceptors (Lipinski definition) is 4. The molecule has 0 radical (unpaired) electrons. The standard InChI is InChI=1S/C11H6N2O2/c14-8-5-6-1-3-12-7-2-4-13-10(9(6)7)11(8)15/h1-5,14H. The maximum absolute atomic E-state index is 11.6. The number of hydrogen-bond donors (Lipinski definition) is 1. The minimum absolute atomic E-state index is 0.270. The van der Waals surface area contributed by atoms with Crippen molar-refractivity contribution in [2.24, 2.45) is 0 Å². The van der Waals surface area contributed by atoms with Crippen LogP contribution in [0.25, 0.3) is 17.0 Å². The number of aliphatic hydroxyl groups excluding tert-OH is 1. The lowest BCUT2D eigenvalue weighted by Crippen LogP contribution is -2.10. The highest BCUT2D eigenvalue weighted by Gasteiger charge is 2.22. The molecule has 1 aliphatic rings. The Bertz CT molecular complexity index is 612. The maximum Gasteiger partial charge on any atom is 0.246 e. The fraction of sp³-hybridized carbons (Fsp3) is 0. The Labute approximate surface area is 84.9 Å². The second-order valence-corrected chi connectivity index (χ2v) is 3.31. The first-order valence-corrected chi connectivity index (χ1v) is 4.46. The van der Waals surface area contributed by atoms with Crippen molar-refractivity contribution >= 4 is 22.8 Å². The minimum atomic E-state index is -0.443. The van der Waals surface area contributed by atoms with Crippen LogP contribution in [-0.4, -0.2) is 20.9 Å². The minimum Gasteiger partial charge on any atom is -0.504 e. The summed E-state index contributed by atoms with van der Waals surface area (Å²) in [6.45, 7) is 0. The molecule has 2 aromatic heterocycles. The molecule has 0 fully saturated rings. The van der Waals surface area contributed by atoms with Gasteiger partial charge in [-0.2, -0.15) is 0 Å². The van der Waals surface area contributed by atoms with E-state index in [0.29, 0.717) is 5.39 Å². The van der Waals surface area contributed by atoms with Gasteiger partial charge in [0.25, 0.3) is 0 Å². The summed E-state index contributed by atoms with van der Waals surface area (Å²) >= 11 is 0. The van der Waals surface area contributed by atoms with E-state index in [0.717, 1.165) is 11.1 Å². The first-order chi connectivity index (χ1) is 7.27. The molecule has 0 aliphatic heterocycles. The van der Waals surface area contributed by atoms with Crippen molar-refractivity contribution in [2.45, 2.75) is 0 Å². The van der Waals surface area contributed by atoms with Crippen LogP contribution in [0.15, 0.2) is 30.3 Å². The third kappa shape index (κ3) is 0.985. The lowest BCUT2D eigenvalue weighted by Gasteiger charge is -2.11. The Kier molecular flexibility index (Phi) is 1.42. The van der Waals surface area contributed by atoms with E-state index in [1.165, 1.54) is 12.3 Å². The van der Waals surface area contributed by atoms with Crippen molar-refractivity contribution in [1.29, 1.82) is 0 Å². The van der Waals surface area contributed by atoms with E-state index in [1.54, 1.807) is 18.3 Å². The lowest BCUT2D eigenvalue weighted by molar-refractivity contribution is 0.0976. The molecule has 0 bridgehead atoms. The zero-order chi connectivity index (χ0) is 10.4. The maximum atomic E-state index is 11.6. The molecule has 0 unspecified atom stereocenters. The third-order valence-corrected chi connectivity index (χ3v) is 2.43. The Balaban J connectivity index is 2.55. The Hall–Kier alpha value is -2.23. The van der Waals surface area contributed by atoms with Crippen LogP contribution in [0.3, 0.4) is 0 Å². The zero-order valence-electron chi connectivity index (χ0n) is 7.64. The number of aromatic nitrogens is 2. The van der Waals surface area contributed by atoms with Gasteiger partial charge in [-0.05, 0) is 23.8 Å². The van der Waals surface area contributed by atoms with E-state index in [1.807, 2.05) is 0 Å². The van der Waals surface area contributed by atoms with Gasteiger partial charge >= 0.3 is 0 Å². The van der Waals surface area contributed by atoms with Crippen LogP contribution in [0, 0.1) is 0 Å². The molecule has 2 heterocycles. The van der Waals surface area contributed by atoms with E-state index in [2.05, 4.69) is 9.97 Å². The van der Waals surface area contributed by atoms with E-state index < -0.39 is 5.78 Å². The summed E-state index contributed by atoms with van der Waals surface area (Å²) in [6.07, 6.45) is 4.60. The fourth-order valence-electron chi connectivity index (χ4n) is 1.75. The normalized spacial score (nSPS) is 14.1. The zero-order valence-corrected chi connectivity index (χ0v) is 7.64. The number of ketones is 1. The van der Waals surface area contributed by atoms with Crippen molar-refractivity contribution in [3.63, 3.8) is 0 Å². The molecule has 72 valence electrons. The highest BCUT2D eigenvalue weighted by Crippen LogP contribution is 2.27. The van der Waals surface area contributed by atoms with Crippen LogP contribution >= 0.6 is 0 Å². The van der Waals surface area contributed by atoms with Crippen LogP contribution in [-0.2, 0) is 0 Å². The van der Waals surface area contributed by atoms with Gasteiger partial charge in [0.05, 0.1) is 5.52 Å². The molecule has 0 saturated carbocycles. The second kappa shape index (κ2) is 2.63. The van der Waals surface area contributed by atoms with Gasteiger partial charge in [-0.25, -0.2) is 0 Å². The van der Waals surface area contributed by atoms with E-state index in [-0.39, 0.29) is 11.5 Å². The summed E-state index contributed by atoms with van der Waals surface area (Å²) in [4.78, 5) is 19.7. The van der Waals surface area contributed by atoms with E-state index in [4.69, 9.17) is 0 Å². The van der Waals surface area contributed by atoms with E-state index >= 15 is 0 Å². The number of carbonyl (C=O) groups is 1. The molecule has 4 heteroatoms. The van der Waals surface area contributed by atoms with Crippen molar-refractivity contribution in [3.8, 4) is 0 Å². The van der Waals surface area contributed by atoms with Gasteiger partial charge in [0, 0.05) is 17.8 Å². The number of rotatable bonds is 0. The molecule has 0 aromatic carbocycles. The molecule has 1 aliphatic carbocycles. The molecule has 1 N–H and O–H groups in total. The molecular weight excluding hydrogens is 192 g/mol. The van der Waals surface area contributed by atoms with Crippen molar-refractivity contribution in [3.05, 3.63) is 41.5 Å². The summed E-state index contributed by atoms with van der Waals surface area (Å²) in [6, 6.07) is 3.49. The highest BCUT2D eigenvalue weighted by atomic mass is 16.3. The Morgan fingerprint density at radius 3 is 2.80 bits per heavy atom. The fourth-order valence-corrected chi connectivity index (χ4v) is 1.75. The van der Waals surface area contributed by atoms with Crippen LogP contribution in [0.4, 0.5) is 0 Å². The molecule has 4 nitrogen and oxygen atoms in total. The van der Waals surface area contributed by atoms with Crippen LogP contribution < -0.4 is 0 Å². The largest absolute Gasteiger partial charge is 0.504 e. The van der Waals surface area contributed by atoms with Gasteiger partial charge in [-0.15, -0.1) is 0 Å². The number of nitrogens with zero attached hydrogens (tertiary/aromatic N) is 2. The predicted molar refractivity (Wildman–Crippen MR) is 54.5 cm³/mol. The average Bonchev–Trinajstić information content (AvgIpc) is 2.26. The van der Waals surface area contributed by atoms with Gasteiger partial charge in [-0.3, -0.25) is 14.8 Å². The summed E-state index contributed by atoms with van der Waals surface area (Å²) in [7, 11) is 0. The Morgan fingerprint density at radius 1 is 1.13 bits per heavy atom. The average molecular weight is 198 g/mol. The number of allylic oxidation sites excluding steroid dienone is 1. The summed E-state index contributed by atoms with van der Waals surface area (Å²) in [5.41, 5.74) is 1.77. The van der Waals surface area contributed by atoms with Crippen LogP contribution in [0.5, 0.6) is 0 Å². The van der Waals surface area contributed by atoms with Gasteiger partial charge in [0.1, 0.15) is 5.69 Å². The van der Waals surface area contributed by atoms with Crippen molar-refractivity contribution in [1.82, 2.24) is 9.97 Å². The number of carbonyl (C=O) groups excluding carboxylic acids is 1. The van der Waals surface area contributed by atoms with Gasteiger partial charge in [0.2, 0.25) is 5.78 Å². The molecular formula is C11H6N2O2. The summed E-state index contributed by atoms with van der Waals surface area (Å²) in [5.74, 6) is -0.713. The Morgan fingerprint density at radius 2 is 1.93 bits per heavy atom.